The zero-order valence-corrected chi connectivity index (χ0v) is 21.2. The molecule has 0 rings (SSSR count). The Balaban J connectivity index is 3.49. The Bertz CT molecular complexity index is 485. The van der Waals surface area contributed by atoms with Crippen LogP contribution in [0, 0.1) is 0 Å². The van der Waals surface area contributed by atoms with Gasteiger partial charge in [-0.15, -0.1) is 0 Å². The van der Waals surface area contributed by atoms with Gasteiger partial charge in [-0.2, -0.15) is 0 Å². The smallest absolute Gasteiger partial charge is 0.305 e. The van der Waals surface area contributed by atoms with Gasteiger partial charge in [-0.3, -0.25) is 4.79 Å². The van der Waals surface area contributed by atoms with Crippen LogP contribution in [0.5, 0.6) is 0 Å². The summed E-state index contributed by atoms with van der Waals surface area (Å²) in [7, 11) is 0. The van der Waals surface area contributed by atoms with E-state index in [-0.39, 0.29) is 6.42 Å². The molecule has 0 aliphatic carbocycles. The number of carbonyl (C=O) groups is 1. The van der Waals surface area contributed by atoms with Gasteiger partial charge in [-0.1, -0.05) is 70.4 Å². The Morgan fingerprint density at radius 2 is 1.32 bits per heavy atom. The number of hydrogen-bond donors (Lipinski definition) is 5. The molecule has 8 nitrogen and oxygen atoms in total. The summed E-state index contributed by atoms with van der Waals surface area (Å²) in [5.74, 6) is -0.486. The highest BCUT2D eigenvalue weighted by atomic mass is 16.5. The van der Waals surface area contributed by atoms with Gasteiger partial charge in [0.05, 0.1) is 13.2 Å². The molecular formula is C26H50O8. The van der Waals surface area contributed by atoms with Crippen LogP contribution in [0.3, 0.4) is 0 Å². The summed E-state index contributed by atoms with van der Waals surface area (Å²) < 4.78 is 10.6. The minimum Gasteiger partial charge on any atom is -0.463 e. The highest BCUT2D eigenvalue weighted by Gasteiger charge is 2.30. The molecule has 0 radical (unpaired) electrons. The Kier molecular flexibility index (Phi) is 23.0. The molecule has 0 aromatic carbocycles. The van der Waals surface area contributed by atoms with Crippen LogP contribution in [0.2, 0.25) is 0 Å². The van der Waals surface area contributed by atoms with Gasteiger partial charge in [0.15, 0.2) is 0 Å². The molecule has 0 fully saturated rings. The predicted molar refractivity (Wildman–Crippen MR) is 132 cm³/mol. The van der Waals surface area contributed by atoms with Crippen LogP contribution in [-0.4, -0.2) is 82.3 Å². The van der Waals surface area contributed by atoms with Gasteiger partial charge in [0, 0.05) is 13.0 Å². The number of unbranched alkanes of at least 4 members (excludes halogenated alkanes) is 10. The average Bonchev–Trinajstić information content (AvgIpc) is 2.84. The largest absolute Gasteiger partial charge is 0.463 e. The molecule has 0 amide bonds. The first kappa shape index (κ1) is 33.0. The molecule has 4 atom stereocenters. The highest BCUT2D eigenvalue weighted by molar-refractivity contribution is 5.69. The number of hydrogen-bond acceptors (Lipinski definition) is 8. The Morgan fingerprint density at radius 3 is 2.03 bits per heavy atom. The van der Waals surface area contributed by atoms with E-state index in [1.54, 1.807) is 0 Å². The SMILES string of the molecule is CCCCCCCCCOCCC=CCCCCCCC(=O)OC[C@@H](O)[C@@H](O)[C@H](O)[C@H](O)CO. The summed E-state index contributed by atoms with van der Waals surface area (Å²) in [6, 6.07) is 0. The number of aliphatic hydroxyl groups is 5. The highest BCUT2D eigenvalue weighted by Crippen LogP contribution is 2.10. The van der Waals surface area contributed by atoms with Crippen molar-refractivity contribution in [3.63, 3.8) is 0 Å². The van der Waals surface area contributed by atoms with Gasteiger partial charge in [0.25, 0.3) is 0 Å². The lowest BCUT2D eigenvalue weighted by atomic mass is 10.0. The fourth-order valence-corrected chi connectivity index (χ4v) is 3.45. The summed E-state index contributed by atoms with van der Waals surface area (Å²) in [5, 5.41) is 46.9. The molecule has 202 valence electrons. The Morgan fingerprint density at radius 1 is 0.735 bits per heavy atom. The van der Waals surface area contributed by atoms with Gasteiger partial charge in [0.2, 0.25) is 0 Å². The van der Waals surface area contributed by atoms with Gasteiger partial charge >= 0.3 is 5.97 Å². The number of rotatable bonds is 24. The molecule has 0 aliphatic rings. The topological polar surface area (TPSA) is 137 Å². The first-order valence-corrected chi connectivity index (χ1v) is 13.2. The van der Waals surface area contributed by atoms with Gasteiger partial charge in [-0.25, -0.2) is 0 Å². The predicted octanol–water partition coefficient (Wildman–Crippen LogP) is 3.02. The van der Waals surface area contributed by atoms with E-state index in [1.807, 2.05) is 0 Å². The summed E-state index contributed by atoms with van der Waals surface area (Å²) in [6.07, 6.45) is 12.7. The molecule has 5 N–H and O–H groups in total. The maximum Gasteiger partial charge on any atom is 0.305 e. The van der Waals surface area contributed by atoms with Crippen molar-refractivity contribution in [3.8, 4) is 0 Å². The minimum atomic E-state index is -1.73. The van der Waals surface area contributed by atoms with Crippen LogP contribution in [0.1, 0.15) is 96.8 Å². The molecule has 0 bridgehead atoms. The fourth-order valence-electron chi connectivity index (χ4n) is 3.45. The van der Waals surface area contributed by atoms with E-state index < -0.39 is 43.6 Å². The summed E-state index contributed by atoms with van der Waals surface area (Å²) >= 11 is 0. The normalized spacial score (nSPS) is 15.4. The van der Waals surface area contributed by atoms with E-state index in [2.05, 4.69) is 19.1 Å². The standard InChI is InChI=1S/C26H50O8/c1-2-3-4-5-9-12-15-18-33-19-16-13-10-7-6-8-11-14-17-24(30)34-21-23(29)26(32)25(31)22(28)20-27/h10,13,22-23,25-29,31-32H,2-9,11-12,14-21H2,1H3/t22-,23-,25-,26-/m1/s1. The van der Waals surface area contributed by atoms with Crippen molar-refractivity contribution in [1.82, 2.24) is 0 Å². The third-order valence-electron chi connectivity index (χ3n) is 5.73. The number of aliphatic hydroxyl groups excluding tert-OH is 5. The van der Waals surface area contributed by atoms with Gasteiger partial charge in [-0.05, 0) is 32.1 Å². The van der Waals surface area contributed by atoms with Crippen molar-refractivity contribution < 1.29 is 39.8 Å². The van der Waals surface area contributed by atoms with Crippen molar-refractivity contribution in [2.75, 3.05) is 26.4 Å². The second-order valence-corrected chi connectivity index (χ2v) is 8.93. The van der Waals surface area contributed by atoms with Crippen LogP contribution in [0.15, 0.2) is 12.2 Å². The number of carbonyl (C=O) groups excluding carboxylic acids is 1. The van der Waals surface area contributed by atoms with Gasteiger partial charge < -0.3 is 35.0 Å². The van der Waals surface area contributed by atoms with E-state index >= 15 is 0 Å². The van der Waals surface area contributed by atoms with Crippen LogP contribution in [-0.2, 0) is 14.3 Å². The second-order valence-electron chi connectivity index (χ2n) is 8.93. The van der Waals surface area contributed by atoms with E-state index in [9.17, 15) is 25.2 Å². The number of ether oxygens (including phenoxy) is 2. The summed E-state index contributed by atoms with van der Waals surface area (Å²) in [6.45, 7) is 2.64. The molecule has 0 aromatic rings. The minimum absolute atomic E-state index is 0.219. The van der Waals surface area contributed by atoms with Crippen molar-refractivity contribution in [2.45, 2.75) is 121 Å². The Hall–Kier alpha value is -1.03. The average molecular weight is 491 g/mol. The van der Waals surface area contributed by atoms with Crippen LogP contribution < -0.4 is 0 Å². The maximum absolute atomic E-state index is 11.7. The molecule has 0 unspecified atom stereocenters. The molecule has 0 aromatic heterocycles. The lowest BCUT2D eigenvalue weighted by Gasteiger charge is -2.25. The van der Waals surface area contributed by atoms with Crippen molar-refractivity contribution in [2.24, 2.45) is 0 Å². The number of allylic oxidation sites excluding steroid dienone is 1. The van der Waals surface area contributed by atoms with E-state index in [1.165, 1.54) is 38.5 Å². The molecule has 8 heteroatoms. The monoisotopic (exact) mass is 490 g/mol. The third-order valence-corrected chi connectivity index (χ3v) is 5.73. The quantitative estimate of drug-likeness (QED) is 0.0791. The van der Waals surface area contributed by atoms with Crippen molar-refractivity contribution in [3.05, 3.63) is 12.2 Å². The van der Waals surface area contributed by atoms with E-state index in [0.717, 1.165) is 51.7 Å². The van der Waals surface area contributed by atoms with Crippen LogP contribution >= 0.6 is 0 Å². The maximum atomic E-state index is 11.7. The van der Waals surface area contributed by atoms with E-state index in [4.69, 9.17) is 14.6 Å². The fraction of sp³-hybridized carbons (Fsp3) is 0.885. The molecular weight excluding hydrogens is 440 g/mol. The molecule has 0 aliphatic heterocycles. The van der Waals surface area contributed by atoms with Crippen molar-refractivity contribution >= 4 is 5.97 Å². The number of esters is 1. The van der Waals surface area contributed by atoms with E-state index in [0.29, 0.717) is 6.42 Å². The molecule has 0 heterocycles. The molecule has 0 spiro atoms. The summed E-state index contributed by atoms with van der Waals surface area (Å²) in [4.78, 5) is 11.7. The van der Waals surface area contributed by atoms with Crippen LogP contribution in [0.4, 0.5) is 0 Å². The zero-order valence-electron chi connectivity index (χ0n) is 21.2. The summed E-state index contributed by atoms with van der Waals surface area (Å²) in [5.41, 5.74) is 0. The third kappa shape index (κ3) is 19.3. The molecule has 34 heavy (non-hydrogen) atoms. The molecule has 0 saturated heterocycles. The lowest BCUT2D eigenvalue weighted by molar-refractivity contribution is -0.156. The first-order chi connectivity index (χ1) is 16.4. The van der Waals surface area contributed by atoms with Crippen molar-refractivity contribution in [1.29, 1.82) is 0 Å². The second kappa shape index (κ2) is 23.7. The molecule has 0 saturated carbocycles. The first-order valence-electron chi connectivity index (χ1n) is 13.2. The van der Waals surface area contributed by atoms with Crippen LogP contribution in [0.25, 0.3) is 0 Å². The Labute approximate surface area is 206 Å². The zero-order chi connectivity index (χ0) is 25.4. The lowest BCUT2D eigenvalue weighted by Crippen LogP contribution is -2.47. The van der Waals surface area contributed by atoms with Gasteiger partial charge in [0.1, 0.15) is 31.0 Å².